The Morgan fingerprint density at radius 1 is 1.12 bits per heavy atom. The summed E-state index contributed by atoms with van der Waals surface area (Å²) < 4.78 is 5.08. The van der Waals surface area contributed by atoms with Crippen molar-refractivity contribution in [3.63, 3.8) is 0 Å². The molecule has 0 aromatic carbocycles. The van der Waals surface area contributed by atoms with Gasteiger partial charge >= 0.3 is 6.01 Å². The van der Waals surface area contributed by atoms with Crippen molar-refractivity contribution in [3.8, 4) is 6.01 Å². The lowest BCUT2D eigenvalue weighted by molar-refractivity contribution is 0.374. The van der Waals surface area contributed by atoms with Gasteiger partial charge < -0.3 is 10.1 Å². The van der Waals surface area contributed by atoms with E-state index in [4.69, 9.17) is 4.74 Å². The monoisotopic (exact) mass is 221 g/mol. The summed E-state index contributed by atoms with van der Waals surface area (Å²) in [6.07, 6.45) is 2.36. The van der Waals surface area contributed by atoms with Gasteiger partial charge in [0, 0.05) is 11.4 Å². The zero-order valence-electron chi connectivity index (χ0n) is 10.2. The molecule has 4 nitrogen and oxygen atoms in total. The first-order chi connectivity index (χ1) is 7.72. The summed E-state index contributed by atoms with van der Waals surface area (Å²) in [6.45, 7) is 6.29. The molecule has 0 amide bonds. The van der Waals surface area contributed by atoms with Crippen molar-refractivity contribution in [2.45, 2.75) is 32.6 Å². The lowest BCUT2D eigenvalue weighted by Crippen LogP contribution is -2.27. The van der Waals surface area contributed by atoms with Crippen LogP contribution in [0, 0.1) is 13.8 Å². The number of hydrogen-bond acceptors (Lipinski definition) is 4. The van der Waals surface area contributed by atoms with Gasteiger partial charge in [-0.3, -0.25) is 0 Å². The predicted octanol–water partition coefficient (Wildman–Crippen LogP) is 1.57. The number of methoxy groups -OCH3 is 1. The van der Waals surface area contributed by atoms with E-state index in [-0.39, 0.29) is 0 Å². The van der Waals surface area contributed by atoms with E-state index in [1.165, 1.54) is 18.4 Å². The van der Waals surface area contributed by atoms with Crippen LogP contribution in [0.15, 0.2) is 0 Å². The van der Waals surface area contributed by atoms with Gasteiger partial charge in [-0.15, -0.1) is 0 Å². The molecule has 1 aromatic rings. The molecule has 1 aromatic heterocycles. The first-order valence-corrected chi connectivity index (χ1v) is 5.82. The molecule has 1 aliphatic rings. The highest BCUT2D eigenvalue weighted by Gasteiger charge is 2.21. The third kappa shape index (κ3) is 2.16. The van der Waals surface area contributed by atoms with Crippen LogP contribution in [0.5, 0.6) is 6.01 Å². The summed E-state index contributed by atoms with van der Waals surface area (Å²) in [5, 5.41) is 3.38. The molecule has 0 saturated carbocycles. The lowest BCUT2D eigenvalue weighted by atomic mass is 9.88. The maximum absolute atomic E-state index is 5.08. The Kier molecular flexibility index (Phi) is 3.39. The summed E-state index contributed by atoms with van der Waals surface area (Å²) in [6, 6.07) is 0.479. The predicted molar refractivity (Wildman–Crippen MR) is 62.9 cm³/mol. The van der Waals surface area contributed by atoms with Crippen molar-refractivity contribution in [1.29, 1.82) is 0 Å². The molecule has 4 heteroatoms. The van der Waals surface area contributed by atoms with Crippen LogP contribution in [-0.2, 0) is 0 Å². The molecule has 0 aliphatic carbocycles. The molecule has 0 bridgehead atoms. The molecule has 0 unspecified atom stereocenters. The molecule has 88 valence electrons. The van der Waals surface area contributed by atoms with E-state index in [2.05, 4.69) is 29.1 Å². The fourth-order valence-corrected chi connectivity index (χ4v) is 2.49. The zero-order valence-corrected chi connectivity index (χ0v) is 10.2. The Labute approximate surface area is 96.4 Å². The Balaban J connectivity index is 2.32. The van der Waals surface area contributed by atoms with E-state index in [1.54, 1.807) is 7.11 Å². The van der Waals surface area contributed by atoms with Crippen LogP contribution in [0.25, 0.3) is 0 Å². The van der Waals surface area contributed by atoms with Crippen LogP contribution in [0.4, 0.5) is 0 Å². The van der Waals surface area contributed by atoms with Gasteiger partial charge in [0.05, 0.1) is 7.11 Å². The number of ether oxygens (including phenoxy) is 1. The van der Waals surface area contributed by atoms with E-state index in [9.17, 15) is 0 Å². The van der Waals surface area contributed by atoms with Crippen molar-refractivity contribution in [2.75, 3.05) is 20.2 Å². The topological polar surface area (TPSA) is 47.0 Å². The molecular weight excluding hydrogens is 202 g/mol. The van der Waals surface area contributed by atoms with E-state index < -0.39 is 0 Å². The molecular formula is C12H19N3O. The smallest absolute Gasteiger partial charge is 0.316 e. The molecule has 1 saturated heterocycles. The highest BCUT2D eigenvalue weighted by molar-refractivity contribution is 5.30. The zero-order chi connectivity index (χ0) is 11.5. The van der Waals surface area contributed by atoms with E-state index in [0.717, 1.165) is 24.5 Å². The minimum atomic E-state index is 0.479. The number of nitrogens with zero attached hydrogens (tertiary/aromatic N) is 2. The second-order valence-corrected chi connectivity index (χ2v) is 4.32. The number of aryl methyl sites for hydroxylation is 2. The van der Waals surface area contributed by atoms with Crippen LogP contribution in [0.3, 0.4) is 0 Å². The number of aromatic nitrogens is 2. The van der Waals surface area contributed by atoms with Crippen molar-refractivity contribution in [3.05, 3.63) is 17.0 Å². The summed E-state index contributed by atoms with van der Waals surface area (Å²) in [5.41, 5.74) is 3.45. The van der Waals surface area contributed by atoms with Gasteiger partial charge in [-0.25, -0.2) is 9.97 Å². The van der Waals surface area contributed by atoms with Crippen molar-refractivity contribution in [2.24, 2.45) is 0 Å². The first kappa shape index (κ1) is 11.3. The molecule has 1 fully saturated rings. The van der Waals surface area contributed by atoms with Crippen LogP contribution < -0.4 is 10.1 Å². The molecule has 2 heterocycles. The van der Waals surface area contributed by atoms with Gasteiger partial charge in [-0.05, 0) is 51.3 Å². The molecule has 1 aliphatic heterocycles. The van der Waals surface area contributed by atoms with Gasteiger partial charge in [0.2, 0.25) is 0 Å². The second kappa shape index (κ2) is 4.78. The van der Waals surface area contributed by atoms with Gasteiger partial charge in [0.25, 0.3) is 0 Å². The second-order valence-electron chi connectivity index (χ2n) is 4.32. The molecule has 16 heavy (non-hydrogen) atoms. The SMILES string of the molecule is COc1nc(C)c(C2CCNCC2)c(C)n1. The number of nitrogens with one attached hydrogen (secondary N) is 1. The Morgan fingerprint density at radius 3 is 2.19 bits per heavy atom. The summed E-state index contributed by atoms with van der Waals surface area (Å²) >= 11 is 0. The minimum absolute atomic E-state index is 0.479. The van der Waals surface area contributed by atoms with Crippen molar-refractivity contribution >= 4 is 0 Å². The number of rotatable bonds is 2. The average Bonchev–Trinajstić information content (AvgIpc) is 2.29. The highest BCUT2D eigenvalue weighted by atomic mass is 16.5. The van der Waals surface area contributed by atoms with Crippen LogP contribution in [0.2, 0.25) is 0 Å². The molecule has 0 spiro atoms. The third-order valence-electron chi connectivity index (χ3n) is 3.24. The van der Waals surface area contributed by atoms with Crippen LogP contribution in [0.1, 0.15) is 35.7 Å². The van der Waals surface area contributed by atoms with E-state index >= 15 is 0 Å². The minimum Gasteiger partial charge on any atom is -0.467 e. The Morgan fingerprint density at radius 2 is 1.69 bits per heavy atom. The summed E-state index contributed by atoms with van der Waals surface area (Å²) in [4.78, 5) is 8.75. The number of hydrogen-bond donors (Lipinski definition) is 1. The van der Waals surface area contributed by atoms with Gasteiger partial charge in [-0.2, -0.15) is 0 Å². The van der Waals surface area contributed by atoms with E-state index in [0.29, 0.717) is 11.9 Å². The van der Waals surface area contributed by atoms with Crippen LogP contribution in [-0.4, -0.2) is 30.2 Å². The maximum atomic E-state index is 5.08. The fraction of sp³-hybridized carbons (Fsp3) is 0.667. The van der Waals surface area contributed by atoms with Gasteiger partial charge in [0.15, 0.2) is 0 Å². The fourth-order valence-electron chi connectivity index (χ4n) is 2.49. The Hall–Kier alpha value is -1.16. The average molecular weight is 221 g/mol. The molecule has 0 atom stereocenters. The van der Waals surface area contributed by atoms with Gasteiger partial charge in [-0.1, -0.05) is 0 Å². The van der Waals surface area contributed by atoms with Crippen molar-refractivity contribution < 1.29 is 4.74 Å². The number of piperidine rings is 1. The first-order valence-electron chi connectivity index (χ1n) is 5.82. The third-order valence-corrected chi connectivity index (χ3v) is 3.24. The standard InChI is InChI=1S/C12H19N3O/c1-8-11(10-4-6-13-7-5-10)9(2)15-12(14-8)16-3/h10,13H,4-7H2,1-3H3. The van der Waals surface area contributed by atoms with Gasteiger partial charge in [0.1, 0.15) is 0 Å². The van der Waals surface area contributed by atoms with Crippen LogP contribution >= 0.6 is 0 Å². The Bertz CT molecular complexity index is 350. The quantitative estimate of drug-likeness (QED) is 0.823. The van der Waals surface area contributed by atoms with Crippen molar-refractivity contribution in [1.82, 2.24) is 15.3 Å². The van der Waals surface area contributed by atoms with E-state index in [1.807, 2.05) is 0 Å². The summed E-state index contributed by atoms with van der Waals surface area (Å²) in [7, 11) is 1.61. The molecule has 2 rings (SSSR count). The molecule has 1 N–H and O–H groups in total. The molecule has 0 radical (unpaired) electrons. The maximum Gasteiger partial charge on any atom is 0.316 e. The normalized spacial score (nSPS) is 17.4. The largest absolute Gasteiger partial charge is 0.467 e. The lowest BCUT2D eigenvalue weighted by Gasteiger charge is -2.25. The summed E-state index contributed by atoms with van der Waals surface area (Å²) in [5.74, 6) is 0.604. The highest BCUT2D eigenvalue weighted by Crippen LogP contribution is 2.29.